The number of morpholine rings is 1. The van der Waals surface area contributed by atoms with Crippen LogP contribution in [0.1, 0.15) is 10.4 Å². The standard InChI is InChI=1S/C11H14FN3O5S/c12-7-5-8(11(16)17)10(13)9(6-7)14-21(18,19)15-1-3-20-4-2-15/h5-6,14H,1-4,13H2,(H,16,17). The van der Waals surface area contributed by atoms with Gasteiger partial charge >= 0.3 is 16.2 Å². The van der Waals surface area contributed by atoms with Gasteiger partial charge in [-0.15, -0.1) is 0 Å². The van der Waals surface area contributed by atoms with Crippen molar-refractivity contribution in [3.8, 4) is 0 Å². The Labute approximate surface area is 120 Å². The fourth-order valence-corrected chi connectivity index (χ4v) is 3.08. The van der Waals surface area contributed by atoms with Crippen LogP contribution in [0.2, 0.25) is 0 Å². The summed E-state index contributed by atoms with van der Waals surface area (Å²) in [6.07, 6.45) is 0. The van der Waals surface area contributed by atoms with E-state index in [4.69, 9.17) is 15.6 Å². The highest BCUT2D eigenvalue weighted by atomic mass is 32.2. The summed E-state index contributed by atoms with van der Waals surface area (Å²) in [5.41, 5.74) is 4.41. The molecule has 0 radical (unpaired) electrons. The van der Waals surface area contributed by atoms with E-state index in [9.17, 15) is 17.6 Å². The first-order valence-corrected chi connectivity index (χ1v) is 7.43. The van der Waals surface area contributed by atoms with Crippen LogP contribution in [0.5, 0.6) is 0 Å². The Balaban J connectivity index is 2.32. The van der Waals surface area contributed by atoms with Crippen LogP contribution < -0.4 is 10.5 Å². The number of carboxylic acid groups (broad SMARTS) is 1. The third-order valence-corrected chi connectivity index (χ3v) is 4.45. The molecule has 0 amide bonds. The quantitative estimate of drug-likeness (QED) is 0.676. The minimum atomic E-state index is -3.95. The van der Waals surface area contributed by atoms with Crippen LogP contribution in [-0.2, 0) is 14.9 Å². The fourth-order valence-electron chi connectivity index (χ4n) is 1.87. The lowest BCUT2D eigenvalue weighted by Gasteiger charge is -2.26. The molecule has 1 saturated heterocycles. The van der Waals surface area contributed by atoms with E-state index < -0.39 is 27.6 Å². The number of nitrogens with zero attached hydrogens (tertiary/aromatic N) is 1. The van der Waals surface area contributed by atoms with Gasteiger partial charge in [0.25, 0.3) is 0 Å². The van der Waals surface area contributed by atoms with Crippen LogP contribution in [0.3, 0.4) is 0 Å². The first-order chi connectivity index (χ1) is 9.81. The average molecular weight is 319 g/mol. The summed E-state index contributed by atoms with van der Waals surface area (Å²) in [6, 6.07) is 1.56. The Morgan fingerprint density at radius 1 is 1.38 bits per heavy atom. The van der Waals surface area contributed by atoms with Crippen molar-refractivity contribution in [1.82, 2.24) is 4.31 Å². The summed E-state index contributed by atoms with van der Waals surface area (Å²) in [5.74, 6) is -2.35. The van der Waals surface area contributed by atoms with E-state index in [2.05, 4.69) is 4.72 Å². The van der Waals surface area contributed by atoms with Crippen LogP contribution in [0.15, 0.2) is 12.1 Å². The molecule has 4 N–H and O–H groups in total. The van der Waals surface area contributed by atoms with Crippen molar-refractivity contribution < 1.29 is 27.4 Å². The van der Waals surface area contributed by atoms with Crippen molar-refractivity contribution >= 4 is 27.6 Å². The zero-order valence-electron chi connectivity index (χ0n) is 10.9. The lowest BCUT2D eigenvalue weighted by atomic mass is 10.1. The number of benzene rings is 1. The molecular formula is C11H14FN3O5S. The van der Waals surface area contributed by atoms with Gasteiger partial charge in [-0.2, -0.15) is 12.7 Å². The summed E-state index contributed by atoms with van der Waals surface area (Å²) >= 11 is 0. The molecule has 116 valence electrons. The number of rotatable bonds is 4. The fraction of sp³-hybridized carbons (Fsp3) is 0.364. The van der Waals surface area contributed by atoms with Crippen molar-refractivity contribution in [1.29, 1.82) is 0 Å². The molecule has 1 aliphatic rings. The number of nitrogen functional groups attached to an aromatic ring is 1. The van der Waals surface area contributed by atoms with Gasteiger partial charge in [0.15, 0.2) is 0 Å². The van der Waals surface area contributed by atoms with E-state index in [0.29, 0.717) is 0 Å². The topological polar surface area (TPSA) is 122 Å². The van der Waals surface area contributed by atoms with Gasteiger partial charge in [0.05, 0.1) is 30.2 Å². The van der Waals surface area contributed by atoms with Crippen LogP contribution >= 0.6 is 0 Å². The van der Waals surface area contributed by atoms with E-state index in [1.54, 1.807) is 0 Å². The lowest BCUT2D eigenvalue weighted by molar-refractivity contribution is 0.0697. The zero-order valence-corrected chi connectivity index (χ0v) is 11.7. The maximum absolute atomic E-state index is 13.4. The summed E-state index contributed by atoms with van der Waals surface area (Å²) in [6.45, 7) is 0.798. The first-order valence-electron chi connectivity index (χ1n) is 5.99. The lowest BCUT2D eigenvalue weighted by Crippen LogP contribution is -2.43. The Bertz CT molecular complexity index is 658. The molecule has 10 heteroatoms. The first kappa shape index (κ1) is 15.5. The Morgan fingerprint density at radius 3 is 2.57 bits per heavy atom. The second-order valence-electron chi connectivity index (χ2n) is 4.34. The van der Waals surface area contributed by atoms with Crippen molar-refractivity contribution in [3.63, 3.8) is 0 Å². The molecule has 0 atom stereocenters. The smallest absolute Gasteiger partial charge is 0.337 e. The molecule has 0 bridgehead atoms. The Kier molecular flexibility index (Phi) is 4.30. The number of ether oxygens (including phenoxy) is 1. The predicted molar refractivity (Wildman–Crippen MR) is 72.7 cm³/mol. The van der Waals surface area contributed by atoms with Gasteiger partial charge < -0.3 is 15.6 Å². The number of hydrogen-bond acceptors (Lipinski definition) is 5. The van der Waals surface area contributed by atoms with E-state index >= 15 is 0 Å². The SMILES string of the molecule is Nc1c(NS(=O)(=O)N2CCOCC2)cc(F)cc1C(=O)O. The van der Waals surface area contributed by atoms with E-state index in [0.717, 1.165) is 16.4 Å². The van der Waals surface area contributed by atoms with Gasteiger partial charge in [0.2, 0.25) is 0 Å². The predicted octanol–water partition coefficient (Wildman–Crippen LogP) is 0.0950. The van der Waals surface area contributed by atoms with Crippen LogP contribution in [0, 0.1) is 5.82 Å². The van der Waals surface area contributed by atoms with E-state index in [-0.39, 0.29) is 37.7 Å². The molecule has 1 aliphatic heterocycles. The highest BCUT2D eigenvalue weighted by Crippen LogP contribution is 2.26. The largest absolute Gasteiger partial charge is 0.478 e. The highest BCUT2D eigenvalue weighted by Gasteiger charge is 2.26. The number of nitrogens with two attached hydrogens (primary N) is 1. The average Bonchev–Trinajstić information content (AvgIpc) is 2.43. The summed E-state index contributed by atoms with van der Waals surface area (Å²) < 4.78 is 45.9. The molecule has 0 spiro atoms. The Morgan fingerprint density at radius 2 is 2.00 bits per heavy atom. The molecule has 1 aromatic rings. The zero-order chi connectivity index (χ0) is 15.6. The number of hydrogen-bond donors (Lipinski definition) is 3. The Hall–Kier alpha value is -1.91. The van der Waals surface area contributed by atoms with Crippen molar-refractivity contribution in [2.45, 2.75) is 0 Å². The van der Waals surface area contributed by atoms with Crippen molar-refractivity contribution in [2.75, 3.05) is 36.8 Å². The molecule has 0 aliphatic carbocycles. The van der Waals surface area contributed by atoms with Gasteiger partial charge in [-0.3, -0.25) is 4.72 Å². The minimum Gasteiger partial charge on any atom is -0.478 e. The van der Waals surface area contributed by atoms with Gasteiger partial charge in [0.1, 0.15) is 5.82 Å². The van der Waals surface area contributed by atoms with Gasteiger partial charge in [-0.25, -0.2) is 9.18 Å². The molecule has 0 unspecified atom stereocenters. The number of aromatic carboxylic acids is 1. The molecule has 1 aromatic carbocycles. The number of carbonyl (C=O) groups is 1. The molecule has 1 heterocycles. The third kappa shape index (κ3) is 3.40. The van der Waals surface area contributed by atoms with E-state index in [1.165, 1.54) is 0 Å². The number of nitrogens with one attached hydrogen (secondary N) is 1. The number of anilines is 2. The van der Waals surface area contributed by atoms with Crippen LogP contribution in [0.4, 0.5) is 15.8 Å². The van der Waals surface area contributed by atoms with Gasteiger partial charge in [0, 0.05) is 19.2 Å². The number of halogens is 1. The van der Waals surface area contributed by atoms with Crippen molar-refractivity contribution in [3.05, 3.63) is 23.5 Å². The van der Waals surface area contributed by atoms with Gasteiger partial charge in [-0.1, -0.05) is 0 Å². The van der Waals surface area contributed by atoms with Gasteiger partial charge in [-0.05, 0) is 6.07 Å². The van der Waals surface area contributed by atoms with E-state index in [1.807, 2.05) is 0 Å². The third-order valence-electron chi connectivity index (χ3n) is 2.92. The molecule has 0 saturated carbocycles. The molecule has 1 fully saturated rings. The molecule has 2 rings (SSSR count). The summed E-state index contributed by atoms with van der Waals surface area (Å²) in [5, 5.41) is 8.91. The normalized spacial score (nSPS) is 16.6. The second-order valence-corrected chi connectivity index (χ2v) is 6.01. The van der Waals surface area contributed by atoms with Crippen LogP contribution in [0.25, 0.3) is 0 Å². The summed E-state index contributed by atoms with van der Waals surface area (Å²) in [4.78, 5) is 10.9. The monoisotopic (exact) mass is 319 g/mol. The highest BCUT2D eigenvalue weighted by molar-refractivity contribution is 7.90. The van der Waals surface area contributed by atoms with Crippen LogP contribution in [-0.4, -0.2) is 50.1 Å². The second kappa shape index (κ2) is 5.84. The summed E-state index contributed by atoms with van der Waals surface area (Å²) in [7, 11) is -3.95. The number of carboxylic acids is 1. The molecular weight excluding hydrogens is 305 g/mol. The molecule has 0 aromatic heterocycles. The molecule has 8 nitrogen and oxygen atoms in total. The molecule has 21 heavy (non-hydrogen) atoms. The maximum atomic E-state index is 13.4. The van der Waals surface area contributed by atoms with Crippen molar-refractivity contribution in [2.24, 2.45) is 0 Å². The maximum Gasteiger partial charge on any atom is 0.337 e. The minimum absolute atomic E-state index is 0.149.